The SMILES string of the molecule is CCNc1ncc(Br)c(NC(C)(C)CC(N)=O)n1. The van der Waals surface area contributed by atoms with Gasteiger partial charge >= 0.3 is 0 Å². The predicted molar refractivity (Wildman–Crippen MR) is 75.4 cm³/mol. The summed E-state index contributed by atoms with van der Waals surface area (Å²) in [4.78, 5) is 19.4. The molecule has 0 aliphatic rings. The van der Waals surface area contributed by atoms with Crippen LogP contribution >= 0.6 is 15.9 Å². The molecular weight excluding hydrogens is 298 g/mol. The number of carbonyl (C=O) groups is 1. The fourth-order valence-corrected chi connectivity index (χ4v) is 1.79. The van der Waals surface area contributed by atoms with Crippen LogP contribution < -0.4 is 16.4 Å². The van der Waals surface area contributed by atoms with Crippen molar-refractivity contribution in [1.82, 2.24) is 9.97 Å². The van der Waals surface area contributed by atoms with E-state index in [1.54, 1.807) is 6.20 Å². The van der Waals surface area contributed by atoms with Gasteiger partial charge in [0.25, 0.3) is 0 Å². The van der Waals surface area contributed by atoms with Crippen LogP contribution in [-0.2, 0) is 4.79 Å². The first-order valence-corrected chi connectivity index (χ1v) is 6.46. The first-order valence-electron chi connectivity index (χ1n) is 5.67. The molecule has 1 heterocycles. The second kappa shape index (κ2) is 5.99. The Kier molecular flexibility index (Phi) is 4.89. The van der Waals surface area contributed by atoms with Gasteiger partial charge in [-0.25, -0.2) is 4.98 Å². The Morgan fingerprint density at radius 3 is 2.78 bits per heavy atom. The van der Waals surface area contributed by atoms with Crippen molar-refractivity contribution < 1.29 is 4.79 Å². The summed E-state index contributed by atoms with van der Waals surface area (Å²) in [7, 11) is 0. The molecule has 0 saturated carbocycles. The normalized spacial score (nSPS) is 11.1. The van der Waals surface area contributed by atoms with E-state index in [9.17, 15) is 4.79 Å². The number of rotatable bonds is 6. The van der Waals surface area contributed by atoms with E-state index in [4.69, 9.17) is 5.73 Å². The van der Waals surface area contributed by atoms with Crippen molar-refractivity contribution in [3.05, 3.63) is 10.7 Å². The number of primary amides is 1. The zero-order chi connectivity index (χ0) is 13.8. The van der Waals surface area contributed by atoms with Crippen LogP contribution in [0.15, 0.2) is 10.7 Å². The molecule has 0 bridgehead atoms. The van der Waals surface area contributed by atoms with E-state index in [2.05, 4.69) is 36.5 Å². The highest BCUT2D eigenvalue weighted by atomic mass is 79.9. The van der Waals surface area contributed by atoms with Crippen LogP contribution in [0, 0.1) is 0 Å². The summed E-state index contributed by atoms with van der Waals surface area (Å²) in [6.07, 6.45) is 1.88. The maximum absolute atomic E-state index is 11.0. The lowest BCUT2D eigenvalue weighted by Crippen LogP contribution is -2.36. The van der Waals surface area contributed by atoms with Gasteiger partial charge in [0.05, 0.1) is 4.47 Å². The van der Waals surface area contributed by atoms with Crippen LogP contribution in [0.4, 0.5) is 11.8 Å². The van der Waals surface area contributed by atoms with E-state index in [-0.39, 0.29) is 12.3 Å². The van der Waals surface area contributed by atoms with Gasteiger partial charge in [0.1, 0.15) is 5.82 Å². The minimum atomic E-state index is -0.466. The molecule has 0 atom stereocenters. The molecule has 7 heteroatoms. The number of nitrogens with two attached hydrogens (primary N) is 1. The number of carbonyl (C=O) groups excluding carboxylic acids is 1. The molecule has 18 heavy (non-hydrogen) atoms. The van der Waals surface area contributed by atoms with Crippen LogP contribution in [0.3, 0.4) is 0 Å². The highest BCUT2D eigenvalue weighted by Crippen LogP contribution is 2.24. The molecule has 0 fully saturated rings. The van der Waals surface area contributed by atoms with Crippen molar-refractivity contribution in [2.45, 2.75) is 32.7 Å². The Morgan fingerprint density at radius 2 is 2.22 bits per heavy atom. The molecule has 0 radical (unpaired) electrons. The van der Waals surface area contributed by atoms with E-state index in [0.717, 1.165) is 11.0 Å². The monoisotopic (exact) mass is 315 g/mol. The Balaban J connectivity index is 2.88. The molecule has 0 aliphatic carbocycles. The zero-order valence-corrected chi connectivity index (χ0v) is 12.3. The number of anilines is 2. The quantitative estimate of drug-likeness (QED) is 0.743. The summed E-state index contributed by atoms with van der Waals surface area (Å²) in [5.41, 5.74) is 4.75. The van der Waals surface area contributed by atoms with Crippen LogP contribution in [-0.4, -0.2) is 28.0 Å². The summed E-state index contributed by atoms with van der Waals surface area (Å²) in [5.74, 6) is 0.815. The molecule has 1 aromatic rings. The van der Waals surface area contributed by atoms with Gasteiger partial charge in [-0.3, -0.25) is 4.79 Å². The van der Waals surface area contributed by atoms with Gasteiger partial charge in [0.15, 0.2) is 0 Å². The molecular formula is C11H18BrN5O. The van der Waals surface area contributed by atoms with Gasteiger partial charge in [0.2, 0.25) is 11.9 Å². The van der Waals surface area contributed by atoms with E-state index in [0.29, 0.717) is 11.8 Å². The zero-order valence-electron chi connectivity index (χ0n) is 10.7. The third-order valence-corrected chi connectivity index (χ3v) is 2.73. The summed E-state index contributed by atoms with van der Waals surface area (Å²) in [6.45, 7) is 6.49. The Labute approximate surface area is 115 Å². The summed E-state index contributed by atoms with van der Waals surface area (Å²) < 4.78 is 0.738. The van der Waals surface area contributed by atoms with Crippen LogP contribution in [0.25, 0.3) is 0 Å². The van der Waals surface area contributed by atoms with E-state index >= 15 is 0 Å². The molecule has 1 aromatic heterocycles. The molecule has 1 amide bonds. The van der Waals surface area contributed by atoms with Crippen LogP contribution in [0.1, 0.15) is 27.2 Å². The largest absolute Gasteiger partial charge is 0.370 e. The van der Waals surface area contributed by atoms with Gasteiger partial charge in [-0.1, -0.05) is 0 Å². The number of hydrogen-bond donors (Lipinski definition) is 3. The first-order chi connectivity index (χ1) is 8.34. The van der Waals surface area contributed by atoms with Crippen molar-refractivity contribution in [1.29, 1.82) is 0 Å². The number of aromatic nitrogens is 2. The fourth-order valence-electron chi connectivity index (χ4n) is 1.50. The number of hydrogen-bond acceptors (Lipinski definition) is 5. The molecule has 0 aliphatic heterocycles. The molecule has 4 N–H and O–H groups in total. The minimum Gasteiger partial charge on any atom is -0.370 e. The lowest BCUT2D eigenvalue weighted by Gasteiger charge is -2.26. The van der Waals surface area contributed by atoms with Crippen LogP contribution in [0.2, 0.25) is 0 Å². The van der Waals surface area contributed by atoms with Crippen molar-refractivity contribution in [2.75, 3.05) is 17.2 Å². The third kappa shape index (κ3) is 4.48. The number of halogens is 1. The lowest BCUT2D eigenvalue weighted by molar-refractivity contribution is -0.118. The predicted octanol–water partition coefficient (Wildman–Crippen LogP) is 1.74. The first kappa shape index (κ1) is 14.7. The highest BCUT2D eigenvalue weighted by molar-refractivity contribution is 9.10. The average molecular weight is 316 g/mol. The van der Waals surface area contributed by atoms with Crippen molar-refractivity contribution >= 4 is 33.6 Å². The van der Waals surface area contributed by atoms with E-state index in [1.165, 1.54) is 0 Å². The second-order valence-electron chi connectivity index (χ2n) is 4.57. The minimum absolute atomic E-state index is 0.222. The van der Waals surface area contributed by atoms with Gasteiger partial charge < -0.3 is 16.4 Å². The van der Waals surface area contributed by atoms with Gasteiger partial charge in [-0.05, 0) is 36.7 Å². The van der Waals surface area contributed by atoms with Gasteiger partial charge in [-0.2, -0.15) is 4.98 Å². The van der Waals surface area contributed by atoms with Crippen molar-refractivity contribution in [3.8, 4) is 0 Å². The molecule has 6 nitrogen and oxygen atoms in total. The summed E-state index contributed by atoms with van der Waals surface area (Å²) in [5, 5.41) is 6.20. The standard InChI is InChI=1S/C11H18BrN5O/c1-4-14-10-15-6-7(12)9(16-10)17-11(2,3)5-8(13)18/h6H,4-5H2,1-3H3,(H2,13,18)(H2,14,15,16,17). The second-order valence-corrected chi connectivity index (χ2v) is 5.43. The molecule has 0 spiro atoms. The summed E-state index contributed by atoms with van der Waals surface area (Å²) in [6, 6.07) is 0. The van der Waals surface area contributed by atoms with Gasteiger partial charge in [-0.15, -0.1) is 0 Å². The number of nitrogens with zero attached hydrogens (tertiary/aromatic N) is 2. The molecule has 1 rings (SSSR count). The number of amides is 1. The topological polar surface area (TPSA) is 92.9 Å². The van der Waals surface area contributed by atoms with Crippen LogP contribution in [0.5, 0.6) is 0 Å². The number of nitrogens with one attached hydrogen (secondary N) is 2. The van der Waals surface area contributed by atoms with E-state index < -0.39 is 5.54 Å². The van der Waals surface area contributed by atoms with E-state index in [1.807, 2.05) is 20.8 Å². The third-order valence-electron chi connectivity index (χ3n) is 2.15. The molecule has 100 valence electrons. The maximum Gasteiger partial charge on any atom is 0.224 e. The summed E-state index contributed by atoms with van der Waals surface area (Å²) >= 11 is 3.37. The van der Waals surface area contributed by atoms with Crippen molar-refractivity contribution in [3.63, 3.8) is 0 Å². The Hall–Kier alpha value is -1.37. The Bertz CT molecular complexity index is 435. The molecule has 0 unspecified atom stereocenters. The molecule has 0 saturated heterocycles. The maximum atomic E-state index is 11.0. The average Bonchev–Trinajstić information content (AvgIpc) is 2.21. The highest BCUT2D eigenvalue weighted by Gasteiger charge is 2.22. The molecule has 0 aromatic carbocycles. The smallest absolute Gasteiger partial charge is 0.224 e. The van der Waals surface area contributed by atoms with Gasteiger partial charge in [0, 0.05) is 24.7 Å². The lowest BCUT2D eigenvalue weighted by atomic mass is 10.0. The fraction of sp³-hybridized carbons (Fsp3) is 0.545. The Morgan fingerprint density at radius 1 is 1.56 bits per heavy atom. The van der Waals surface area contributed by atoms with Crippen molar-refractivity contribution in [2.24, 2.45) is 5.73 Å².